The lowest BCUT2D eigenvalue weighted by Gasteiger charge is -2.32. The van der Waals surface area contributed by atoms with Crippen molar-refractivity contribution in [2.45, 2.75) is 26.8 Å². The molecular weight excluding hydrogens is 278 g/mol. The molecule has 0 amide bonds. The van der Waals surface area contributed by atoms with Gasteiger partial charge in [-0.05, 0) is 12.2 Å². The highest BCUT2D eigenvalue weighted by atomic mass is 32.2. The Morgan fingerprint density at radius 3 is 2.60 bits per heavy atom. The number of nitrogens with one attached hydrogen (secondary N) is 1. The van der Waals surface area contributed by atoms with Crippen LogP contribution in [0.1, 0.15) is 20.8 Å². The third kappa shape index (κ3) is 1.72. The Bertz CT molecular complexity index is 693. The van der Waals surface area contributed by atoms with E-state index in [4.69, 9.17) is 4.74 Å². The van der Waals surface area contributed by atoms with Gasteiger partial charge in [0.15, 0.2) is 0 Å². The van der Waals surface area contributed by atoms with Crippen LogP contribution in [0.25, 0.3) is 0 Å². The summed E-state index contributed by atoms with van der Waals surface area (Å²) >= 11 is 0. The van der Waals surface area contributed by atoms with Gasteiger partial charge in [0.1, 0.15) is 11.8 Å². The fourth-order valence-corrected chi connectivity index (χ4v) is 4.24. The van der Waals surface area contributed by atoms with Crippen LogP contribution < -0.4 is 5.43 Å². The van der Waals surface area contributed by atoms with Crippen LogP contribution in [0, 0.1) is 11.3 Å². The van der Waals surface area contributed by atoms with Gasteiger partial charge in [0.05, 0.1) is 29.4 Å². The standard InChI is InChI=1S/C13H17N3O3S/c1-13(2,3)12-11-9-8(20(17,18)16-12)6-5-7(19-4)10(9)14-15-11/h5-6,9-10,14H,1-4H3. The van der Waals surface area contributed by atoms with Gasteiger partial charge in [-0.1, -0.05) is 20.8 Å². The molecule has 0 bridgehead atoms. The summed E-state index contributed by atoms with van der Waals surface area (Å²) in [4.78, 5) is 0.292. The largest absolute Gasteiger partial charge is 0.499 e. The molecule has 2 aliphatic heterocycles. The van der Waals surface area contributed by atoms with E-state index in [9.17, 15) is 8.42 Å². The van der Waals surface area contributed by atoms with Gasteiger partial charge in [0.2, 0.25) is 0 Å². The summed E-state index contributed by atoms with van der Waals surface area (Å²) < 4.78 is 34.0. The van der Waals surface area contributed by atoms with Crippen molar-refractivity contribution in [1.29, 1.82) is 0 Å². The zero-order valence-electron chi connectivity index (χ0n) is 11.8. The molecule has 0 saturated carbocycles. The zero-order valence-corrected chi connectivity index (χ0v) is 12.7. The Labute approximate surface area is 118 Å². The predicted molar refractivity (Wildman–Crippen MR) is 76.8 cm³/mol. The molecule has 1 aliphatic carbocycles. The molecule has 0 spiro atoms. The van der Waals surface area contributed by atoms with Crippen molar-refractivity contribution in [2.75, 3.05) is 7.11 Å². The van der Waals surface area contributed by atoms with E-state index in [1.807, 2.05) is 20.8 Å². The van der Waals surface area contributed by atoms with Crippen LogP contribution >= 0.6 is 0 Å². The lowest BCUT2D eigenvalue weighted by atomic mass is 9.79. The van der Waals surface area contributed by atoms with Crippen molar-refractivity contribution in [2.24, 2.45) is 20.8 Å². The number of hydrazone groups is 1. The normalized spacial score (nSPS) is 30.4. The van der Waals surface area contributed by atoms with Crippen LogP contribution in [-0.2, 0) is 14.8 Å². The fourth-order valence-electron chi connectivity index (χ4n) is 2.72. The number of methoxy groups -OCH3 is 1. The molecule has 0 radical (unpaired) electrons. The number of ether oxygens (including phenoxy) is 1. The molecule has 6 nitrogen and oxygen atoms in total. The van der Waals surface area contributed by atoms with Gasteiger partial charge in [0, 0.05) is 5.41 Å². The minimum absolute atomic E-state index is 0.266. The first kappa shape index (κ1) is 13.4. The Kier molecular flexibility index (Phi) is 2.63. The van der Waals surface area contributed by atoms with Crippen LogP contribution in [0.5, 0.6) is 0 Å². The van der Waals surface area contributed by atoms with Crippen molar-refractivity contribution >= 4 is 21.4 Å². The molecule has 20 heavy (non-hydrogen) atoms. The molecule has 0 aromatic rings. The Balaban J connectivity index is 2.22. The van der Waals surface area contributed by atoms with E-state index in [1.165, 1.54) is 0 Å². The van der Waals surface area contributed by atoms with Crippen LogP contribution in [0.4, 0.5) is 0 Å². The van der Waals surface area contributed by atoms with Gasteiger partial charge < -0.3 is 4.74 Å². The van der Waals surface area contributed by atoms with E-state index in [1.54, 1.807) is 19.3 Å². The molecule has 2 atom stereocenters. The highest BCUT2D eigenvalue weighted by Gasteiger charge is 2.50. The van der Waals surface area contributed by atoms with E-state index >= 15 is 0 Å². The van der Waals surface area contributed by atoms with Gasteiger partial charge >= 0.3 is 0 Å². The molecule has 0 saturated heterocycles. The van der Waals surface area contributed by atoms with E-state index in [0.717, 1.165) is 0 Å². The highest BCUT2D eigenvalue weighted by Crippen LogP contribution is 2.40. The first-order valence-corrected chi connectivity index (χ1v) is 7.84. The molecule has 3 rings (SSSR count). The SMILES string of the molecule is COC1=CC=C2C3C(=NNC13)C(C(C)(C)C)=NS2(=O)=O. The molecule has 7 heteroatoms. The maximum atomic E-state index is 12.4. The molecule has 0 aromatic carbocycles. The van der Waals surface area contributed by atoms with Gasteiger partial charge in [-0.15, -0.1) is 0 Å². The molecule has 0 fully saturated rings. The van der Waals surface area contributed by atoms with E-state index < -0.39 is 10.0 Å². The van der Waals surface area contributed by atoms with Crippen LogP contribution in [0.3, 0.4) is 0 Å². The zero-order chi connectivity index (χ0) is 14.7. The fraction of sp³-hybridized carbons (Fsp3) is 0.538. The average molecular weight is 295 g/mol. The summed E-state index contributed by atoms with van der Waals surface area (Å²) in [5.41, 5.74) is 3.81. The summed E-state index contributed by atoms with van der Waals surface area (Å²) in [6.45, 7) is 5.80. The molecular formula is C13H17N3O3S. The van der Waals surface area contributed by atoms with Crippen molar-refractivity contribution in [3.63, 3.8) is 0 Å². The lowest BCUT2D eigenvalue weighted by Crippen LogP contribution is -2.44. The van der Waals surface area contributed by atoms with Crippen molar-refractivity contribution < 1.29 is 13.2 Å². The lowest BCUT2D eigenvalue weighted by molar-refractivity contribution is 0.246. The molecule has 1 N–H and O–H groups in total. The van der Waals surface area contributed by atoms with Crippen LogP contribution in [0.2, 0.25) is 0 Å². The second kappa shape index (κ2) is 3.94. The maximum Gasteiger partial charge on any atom is 0.279 e. The Hall–Kier alpha value is -1.63. The molecule has 3 aliphatic rings. The minimum atomic E-state index is -3.65. The maximum absolute atomic E-state index is 12.4. The van der Waals surface area contributed by atoms with Crippen LogP contribution in [0.15, 0.2) is 32.3 Å². The van der Waals surface area contributed by atoms with Gasteiger partial charge in [-0.25, -0.2) is 0 Å². The number of hydrogen-bond donors (Lipinski definition) is 1. The van der Waals surface area contributed by atoms with E-state index in [-0.39, 0.29) is 17.4 Å². The number of hydrogen-bond acceptors (Lipinski definition) is 5. The summed E-state index contributed by atoms with van der Waals surface area (Å²) in [5, 5.41) is 4.32. The second-order valence-electron chi connectivity index (χ2n) is 6.09. The molecule has 108 valence electrons. The van der Waals surface area contributed by atoms with E-state index in [0.29, 0.717) is 22.1 Å². The molecule has 0 aromatic heterocycles. The van der Waals surface area contributed by atoms with Crippen molar-refractivity contribution in [1.82, 2.24) is 5.43 Å². The number of nitrogens with zero attached hydrogens (tertiary/aromatic N) is 2. The summed E-state index contributed by atoms with van der Waals surface area (Å²) in [7, 11) is -2.08. The Morgan fingerprint density at radius 2 is 2.00 bits per heavy atom. The Morgan fingerprint density at radius 1 is 1.30 bits per heavy atom. The second-order valence-corrected chi connectivity index (χ2v) is 7.69. The average Bonchev–Trinajstić information content (AvgIpc) is 2.77. The predicted octanol–water partition coefficient (Wildman–Crippen LogP) is 1.19. The van der Waals surface area contributed by atoms with Gasteiger partial charge in [0.25, 0.3) is 10.0 Å². The highest BCUT2D eigenvalue weighted by molar-refractivity contribution is 7.94. The topological polar surface area (TPSA) is 80.1 Å². The molecule has 2 unspecified atom stereocenters. The minimum Gasteiger partial charge on any atom is -0.499 e. The van der Waals surface area contributed by atoms with Gasteiger partial charge in [-0.3, -0.25) is 5.43 Å². The smallest absolute Gasteiger partial charge is 0.279 e. The quantitative estimate of drug-likeness (QED) is 0.788. The monoisotopic (exact) mass is 295 g/mol. The number of sulfonamides is 1. The van der Waals surface area contributed by atoms with Crippen molar-refractivity contribution in [3.8, 4) is 0 Å². The van der Waals surface area contributed by atoms with E-state index in [2.05, 4.69) is 14.9 Å². The summed E-state index contributed by atoms with van der Waals surface area (Å²) in [5.74, 6) is 0.342. The first-order chi connectivity index (χ1) is 9.25. The van der Waals surface area contributed by atoms with Crippen molar-refractivity contribution in [3.05, 3.63) is 22.8 Å². The van der Waals surface area contributed by atoms with Gasteiger partial charge in [-0.2, -0.15) is 17.9 Å². The number of rotatable bonds is 1. The third-order valence-electron chi connectivity index (χ3n) is 3.67. The number of allylic oxidation sites excluding steroid dienone is 2. The molecule has 2 heterocycles. The first-order valence-electron chi connectivity index (χ1n) is 6.40. The summed E-state index contributed by atoms with van der Waals surface area (Å²) in [6.07, 6.45) is 3.23. The summed E-state index contributed by atoms with van der Waals surface area (Å²) in [6, 6.07) is -0.266. The van der Waals surface area contributed by atoms with Crippen LogP contribution in [-0.4, -0.2) is 33.0 Å². The third-order valence-corrected chi connectivity index (χ3v) is 5.08.